The fourth-order valence-electron chi connectivity index (χ4n) is 2.72. The van der Waals surface area contributed by atoms with Crippen molar-refractivity contribution in [3.05, 3.63) is 0 Å². The molecule has 0 aromatic carbocycles. The molecule has 1 aliphatic rings. The molecule has 1 fully saturated rings. The van der Waals surface area contributed by atoms with E-state index < -0.39 is 5.97 Å². The lowest BCUT2D eigenvalue weighted by Gasteiger charge is -2.28. The molecule has 104 valence electrons. The molecular formula is C13H24N2O3. The first kappa shape index (κ1) is 15.0. The molecule has 0 spiro atoms. The quantitative estimate of drug-likeness (QED) is 0.740. The van der Waals surface area contributed by atoms with Gasteiger partial charge in [-0.05, 0) is 31.2 Å². The van der Waals surface area contributed by atoms with Gasteiger partial charge in [-0.25, -0.2) is 0 Å². The minimum atomic E-state index is -0.953. The van der Waals surface area contributed by atoms with Gasteiger partial charge in [-0.3, -0.25) is 9.59 Å². The molecule has 1 rings (SSSR count). The molecule has 2 atom stereocenters. The smallest absolute Gasteiger partial charge is 0.323 e. The first-order valence-corrected chi connectivity index (χ1v) is 6.66. The first-order chi connectivity index (χ1) is 8.45. The molecule has 0 aromatic heterocycles. The molecular weight excluding hydrogens is 232 g/mol. The number of hydrogen-bond acceptors (Lipinski definition) is 3. The highest BCUT2D eigenvalue weighted by Gasteiger charge is 2.35. The van der Waals surface area contributed by atoms with Crippen molar-refractivity contribution in [3.63, 3.8) is 0 Å². The van der Waals surface area contributed by atoms with Crippen LogP contribution in [-0.4, -0.2) is 41.5 Å². The van der Waals surface area contributed by atoms with Crippen molar-refractivity contribution in [3.8, 4) is 0 Å². The normalized spacial score (nSPS) is 23.3. The Morgan fingerprint density at radius 2 is 2.06 bits per heavy atom. The van der Waals surface area contributed by atoms with E-state index in [-0.39, 0.29) is 30.2 Å². The van der Waals surface area contributed by atoms with E-state index in [2.05, 4.69) is 0 Å². The van der Waals surface area contributed by atoms with E-state index in [0.29, 0.717) is 13.1 Å². The molecule has 5 nitrogen and oxygen atoms in total. The first-order valence-electron chi connectivity index (χ1n) is 6.66. The zero-order valence-electron chi connectivity index (χ0n) is 11.3. The molecule has 0 saturated heterocycles. The number of carbonyl (C=O) groups is 2. The summed E-state index contributed by atoms with van der Waals surface area (Å²) in [5.41, 5.74) is 5.68. The lowest BCUT2D eigenvalue weighted by molar-refractivity contribution is -0.147. The summed E-state index contributed by atoms with van der Waals surface area (Å²) in [6.07, 6.45) is 2.84. The van der Waals surface area contributed by atoms with E-state index in [1.54, 1.807) is 0 Å². The van der Waals surface area contributed by atoms with Gasteiger partial charge in [0.1, 0.15) is 6.54 Å². The maximum absolute atomic E-state index is 12.4. The van der Waals surface area contributed by atoms with Crippen molar-refractivity contribution < 1.29 is 14.7 Å². The Hall–Kier alpha value is -1.10. The largest absolute Gasteiger partial charge is 0.480 e. The Balaban J connectivity index is 2.71. The Kier molecular flexibility index (Phi) is 5.59. The molecule has 18 heavy (non-hydrogen) atoms. The number of nitrogens with zero attached hydrogens (tertiary/aromatic N) is 1. The van der Waals surface area contributed by atoms with Gasteiger partial charge in [0.2, 0.25) is 5.91 Å². The van der Waals surface area contributed by atoms with Crippen LogP contribution in [0.15, 0.2) is 0 Å². The van der Waals surface area contributed by atoms with Crippen LogP contribution in [0, 0.1) is 17.8 Å². The highest BCUT2D eigenvalue weighted by atomic mass is 16.4. The number of carboxylic acids is 1. The molecule has 0 aromatic rings. The van der Waals surface area contributed by atoms with Gasteiger partial charge >= 0.3 is 5.97 Å². The van der Waals surface area contributed by atoms with Gasteiger partial charge in [0.25, 0.3) is 0 Å². The standard InChI is InChI=1S/C13H24N2O3/c1-9(2)7-15(8-12(16)17)13(18)11-5-3-4-10(11)6-14/h9-11H,3-8,14H2,1-2H3,(H,16,17). The maximum Gasteiger partial charge on any atom is 0.323 e. The molecule has 0 aliphatic heterocycles. The van der Waals surface area contributed by atoms with Crippen molar-refractivity contribution in [1.29, 1.82) is 0 Å². The van der Waals surface area contributed by atoms with Crippen molar-refractivity contribution in [2.75, 3.05) is 19.6 Å². The lowest BCUT2D eigenvalue weighted by atomic mass is 9.94. The van der Waals surface area contributed by atoms with E-state index >= 15 is 0 Å². The van der Waals surface area contributed by atoms with E-state index in [1.165, 1.54) is 4.90 Å². The molecule has 1 aliphatic carbocycles. The highest BCUT2D eigenvalue weighted by molar-refractivity contribution is 5.83. The fraction of sp³-hybridized carbons (Fsp3) is 0.846. The summed E-state index contributed by atoms with van der Waals surface area (Å²) in [6.45, 7) is 4.77. The molecule has 1 amide bonds. The van der Waals surface area contributed by atoms with Crippen LogP contribution in [0.25, 0.3) is 0 Å². The second-order valence-corrected chi connectivity index (χ2v) is 5.54. The molecule has 0 radical (unpaired) electrons. The van der Waals surface area contributed by atoms with Crippen molar-refractivity contribution in [2.24, 2.45) is 23.5 Å². The van der Waals surface area contributed by atoms with E-state index in [4.69, 9.17) is 10.8 Å². The molecule has 5 heteroatoms. The predicted molar refractivity (Wildman–Crippen MR) is 68.9 cm³/mol. The second-order valence-electron chi connectivity index (χ2n) is 5.54. The van der Waals surface area contributed by atoms with Crippen LogP contribution in [0.1, 0.15) is 33.1 Å². The minimum Gasteiger partial charge on any atom is -0.480 e. The van der Waals surface area contributed by atoms with Crippen molar-refractivity contribution in [2.45, 2.75) is 33.1 Å². The number of carboxylic acid groups (broad SMARTS) is 1. The Labute approximate surface area is 108 Å². The number of amides is 1. The predicted octanol–water partition coefficient (Wildman–Crippen LogP) is 0.931. The van der Waals surface area contributed by atoms with Crippen LogP contribution in [0.2, 0.25) is 0 Å². The second kappa shape index (κ2) is 6.73. The Bertz CT molecular complexity index is 305. The Morgan fingerprint density at radius 1 is 1.39 bits per heavy atom. The summed E-state index contributed by atoms with van der Waals surface area (Å²) >= 11 is 0. The number of aliphatic carboxylic acids is 1. The third-order valence-corrected chi connectivity index (χ3v) is 3.50. The van der Waals surface area contributed by atoms with Crippen molar-refractivity contribution in [1.82, 2.24) is 4.90 Å². The number of nitrogens with two attached hydrogens (primary N) is 1. The molecule has 0 heterocycles. The lowest BCUT2D eigenvalue weighted by Crippen LogP contribution is -2.43. The summed E-state index contributed by atoms with van der Waals surface area (Å²) in [6, 6.07) is 0. The van der Waals surface area contributed by atoms with E-state index in [9.17, 15) is 9.59 Å². The van der Waals surface area contributed by atoms with Crippen LogP contribution in [-0.2, 0) is 9.59 Å². The van der Waals surface area contributed by atoms with Crippen molar-refractivity contribution >= 4 is 11.9 Å². The maximum atomic E-state index is 12.4. The van der Waals surface area contributed by atoms with E-state index in [1.807, 2.05) is 13.8 Å². The van der Waals surface area contributed by atoms with Gasteiger partial charge in [0.15, 0.2) is 0 Å². The number of hydrogen-bond donors (Lipinski definition) is 2. The SMILES string of the molecule is CC(C)CN(CC(=O)O)C(=O)C1CCCC1CN. The van der Waals surface area contributed by atoms with Gasteiger partial charge in [-0.1, -0.05) is 20.3 Å². The van der Waals surface area contributed by atoms with Crippen LogP contribution in [0.4, 0.5) is 0 Å². The molecule has 3 N–H and O–H groups in total. The zero-order valence-corrected chi connectivity index (χ0v) is 11.3. The summed E-state index contributed by atoms with van der Waals surface area (Å²) in [7, 11) is 0. The summed E-state index contributed by atoms with van der Waals surface area (Å²) in [4.78, 5) is 24.7. The molecule has 0 bridgehead atoms. The van der Waals surface area contributed by atoms with Gasteiger partial charge < -0.3 is 15.7 Å². The van der Waals surface area contributed by atoms with E-state index in [0.717, 1.165) is 19.3 Å². The summed E-state index contributed by atoms with van der Waals surface area (Å²) < 4.78 is 0. The summed E-state index contributed by atoms with van der Waals surface area (Å²) in [5, 5.41) is 8.89. The molecule has 1 saturated carbocycles. The van der Waals surface area contributed by atoms with Gasteiger partial charge in [0.05, 0.1) is 0 Å². The van der Waals surface area contributed by atoms with Gasteiger partial charge in [-0.2, -0.15) is 0 Å². The zero-order chi connectivity index (χ0) is 13.7. The van der Waals surface area contributed by atoms with Crippen LogP contribution >= 0.6 is 0 Å². The average molecular weight is 256 g/mol. The van der Waals surface area contributed by atoms with Crippen LogP contribution in [0.5, 0.6) is 0 Å². The third-order valence-electron chi connectivity index (χ3n) is 3.50. The van der Waals surface area contributed by atoms with Gasteiger partial charge in [0, 0.05) is 12.5 Å². The molecule has 2 unspecified atom stereocenters. The fourth-order valence-corrected chi connectivity index (χ4v) is 2.72. The number of rotatable bonds is 6. The average Bonchev–Trinajstić information content (AvgIpc) is 2.73. The summed E-state index contributed by atoms with van der Waals surface area (Å²) in [5.74, 6) is -0.564. The topological polar surface area (TPSA) is 83.6 Å². The van der Waals surface area contributed by atoms with Crippen LogP contribution < -0.4 is 5.73 Å². The third kappa shape index (κ3) is 3.98. The van der Waals surface area contributed by atoms with Gasteiger partial charge in [-0.15, -0.1) is 0 Å². The Morgan fingerprint density at radius 3 is 2.56 bits per heavy atom. The monoisotopic (exact) mass is 256 g/mol. The minimum absolute atomic E-state index is 0.0287. The highest BCUT2D eigenvalue weighted by Crippen LogP contribution is 2.32. The number of carbonyl (C=O) groups excluding carboxylic acids is 1. The van der Waals surface area contributed by atoms with Crippen LogP contribution in [0.3, 0.4) is 0 Å².